The molecular formula is C18H16F3N3. The first-order chi connectivity index (χ1) is 11.5. The highest BCUT2D eigenvalue weighted by Crippen LogP contribution is 2.29. The average molecular weight is 331 g/mol. The molecule has 0 radical (unpaired) electrons. The fourth-order valence-corrected chi connectivity index (χ4v) is 2.35. The third-order valence-corrected chi connectivity index (χ3v) is 3.63. The molecule has 0 unspecified atom stereocenters. The van der Waals surface area contributed by atoms with Crippen molar-refractivity contribution in [2.75, 3.05) is 11.9 Å². The maximum atomic E-state index is 12.5. The molecule has 0 saturated carbocycles. The minimum atomic E-state index is -4.29. The molecule has 24 heavy (non-hydrogen) atoms. The Balaban J connectivity index is 1.54. The van der Waals surface area contributed by atoms with E-state index in [1.54, 1.807) is 10.9 Å². The van der Waals surface area contributed by atoms with Gasteiger partial charge in [0.05, 0.1) is 29.3 Å². The lowest BCUT2D eigenvalue weighted by Gasteiger charge is -2.08. The number of hydrogen-bond donors (Lipinski definition) is 1. The van der Waals surface area contributed by atoms with Crippen LogP contribution in [0, 0.1) is 0 Å². The molecule has 0 aliphatic rings. The van der Waals surface area contributed by atoms with Crippen molar-refractivity contribution in [2.45, 2.75) is 12.6 Å². The van der Waals surface area contributed by atoms with E-state index in [0.29, 0.717) is 13.0 Å². The van der Waals surface area contributed by atoms with Crippen LogP contribution in [-0.4, -0.2) is 16.3 Å². The number of rotatable bonds is 5. The van der Waals surface area contributed by atoms with E-state index in [9.17, 15) is 13.2 Å². The second-order valence-electron chi connectivity index (χ2n) is 5.38. The second kappa shape index (κ2) is 6.78. The first-order valence-electron chi connectivity index (χ1n) is 7.52. The molecule has 3 rings (SSSR count). The maximum absolute atomic E-state index is 12.5. The quantitative estimate of drug-likeness (QED) is 0.743. The Morgan fingerprint density at radius 1 is 0.958 bits per heavy atom. The lowest BCUT2D eigenvalue weighted by molar-refractivity contribution is -0.137. The van der Waals surface area contributed by atoms with E-state index in [4.69, 9.17) is 0 Å². The number of nitrogens with zero attached hydrogens (tertiary/aromatic N) is 2. The number of halogens is 3. The zero-order valence-electron chi connectivity index (χ0n) is 12.8. The molecular weight excluding hydrogens is 315 g/mol. The van der Waals surface area contributed by atoms with E-state index in [-0.39, 0.29) is 0 Å². The molecule has 3 aromatic rings. The normalized spacial score (nSPS) is 11.5. The fourth-order valence-electron chi connectivity index (χ4n) is 2.35. The van der Waals surface area contributed by atoms with E-state index in [1.165, 1.54) is 12.1 Å². The lowest BCUT2D eigenvalue weighted by Crippen LogP contribution is -2.06. The van der Waals surface area contributed by atoms with Gasteiger partial charge in [-0.3, -0.25) is 0 Å². The summed E-state index contributed by atoms with van der Waals surface area (Å²) in [6.45, 7) is 0.617. The van der Waals surface area contributed by atoms with Crippen LogP contribution in [0.3, 0.4) is 0 Å². The number of benzene rings is 2. The Kier molecular flexibility index (Phi) is 4.55. The van der Waals surface area contributed by atoms with Gasteiger partial charge < -0.3 is 5.32 Å². The number of alkyl halides is 3. The van der Waals surface area contributed by atoms with Crippen LogP contribution in [0.5, 0.6) is 0 Å². The summed E-state index contributed by atoms with van der Waals surface area (Å²) in [6, 6.07) is 15.0. The van der Waals surface area contributed by atoms with Crippen molar-refractivity contribution in [1.29, 1.82) is 0 Å². The van der Waals surface area contributed by atoms with Crippen molar-refractivity contribution in [3.05, 3.63) is 78.1 Å². The third-order valence-electron chi connectivity index (χ3n) is 3.63. The summed E-state index contributed by atoms with van der Waals surface area (Å²) >= 11 is 0. The van der Waals surface area contributed by atoms with Gasteiger partial charge in [0, 0.05) is 6.54 Å². The molecule has 0 aliphatic carbocycles. The van der Waals surface area contributed by atoms with E-state index in [2.05, 4.69) is 10.4 Å². The molecule has 124 valence electrons. The average Bonchev–Trinajstić information content (AvgIpc) is 3.04. The highest BCUT2D eigenvalue weighted by molar-refractivity contribution is 5.42. The summed E-state index contributed by atoms with van der Waals surface area (Å²) in [5.41, 5.74) is 2.06. The Morgan fingerprint density at radius 3 is 2.33 bits per heavy atom. The lowest BCUT2D eigenvalue weighted by atomic mass is 10.1. The Morgan fingerprint density at radius 2 is 1.67 bits per heavy atom. The summed E-state index contributed by atoms with van der Waals surface area (Å²) in [5.74, 6) is 0. The van der Waals surface area contributed by atoms with Crippen LogP contribution in [0.4, 0.5) is 18.9 Å². The maximum Gasteiger partial charge on any atom is 0.416 e. The highest BCUT2D eigenvalue weighted by atomic mass is 19.4. The van der Waals surface area contributed by atoms with Gasteiger partial charge in [-0.1, -0.05) is 30.3 Å². The third kappa shape index (κ3) is 3.95. The molecule has 0 aliphatic heterocycles. The highest BCUT2D eigenvalue weighted by Gasteiger charge is 2.29. The van der Waals surface area contributed by atoms with E-state index >= 15 is 0 Å². The molecule has 2 aromatic carbocycles. The number of para-hydroxylation sites is 1. The predicted octanol–water partition coefficient (Wildman–Crippen LogP) is 4.55. The van der Waals surface area contributed by atoms with Crippen LogP contribution in [0.15, 0.2) is 67.0 Å². The van der Waals surface area contributed by atoms with Crippen LogP contribution in [0.1, 0.15) is 11.1 Å². The van der Waals surface area contributed by atoms with Gasteiger partial charge in [-0.05, 0) is 36.2 Å². The molecule has 0 spiro atoms. The zero-order chi connectivity index (χ0) is 17.0. The van der Waals surface area contributed by atoms with Gasteiger partial charge in [0.25, 0.3) is 0 Å². The van der Waals surface area contributed by atoms with Crippen molar-refractivity contribution < 1.29 is 13.2 Å². The Labute approximate surface area is 137 Å². The van der Waals surface area contributed by atoms with Crippen molar-refractivity contribution >= 4 is 5.69 Å². The van der Waals surface area contributed by atoms with Crippen LogP contribution in [0.2, 0.25) is 0 Å². The second-order valence-corrected chi connectivity index (χ2v) is 5.38. The number of aromatic nitrogens is 2. The van der Waals surface area contributed by atoms with Crippen LogP contribution in [0.25, 0.3) is 5.69 Å². The molecule has 6 heteroatoms. The molecule has 1 N–H and O–H groups in total. The van der Waals surface area contributed by atoms with E-state index in [0.717, 1.165) is 29.1 Å². The Hall–Kier alpha value is -2.76. The van der Waals surface area contributed by atoms with Crippen molar-refractivity contribution in [2.24, 2.45) is 0 Å². The van der Waals surface area contributed by atoms with E-state index in [1.807, 2.05) is 36.5 Å². The first kappa shape index (κ1) is 16.1. The molecule has 0 bridgehead atoms. The summed E-state index contributed by atoms with van der Waals surface area (Å²) < 4.78 is 39.3. The van der Waals surface area contributed by atoms with Gasteiger partial charge in [0.1, 0.15) is 0 Å². The van der Waals surface area contributed by atoms with Gasteiger partial charge in [-0.25, -0.2) is 4.68 Å². The molecule has 1 aromatic heterocycles. The van der Waals surface area contributed by atoms with Crippen molar-refractivity contribution in [3.63, 3.8) is 0 Å². The standard InChI is InChI=1S/C18H16F3N3/c19-18(20,21)15-8-6-14(7-9-15)10-11-22-16-12-23-24(13-16)17-4-2-1-3-5-17/h1-9,12-13,22H,10-11H2. The largest absolute Gasteiger partial charge is 0.416 e. The topological polar surface area (TPSA) is 29.9 Å². The number of nitrogens with one attached hydrogen (secondary N) is 1. The minimum absolute atomic E-state index is 0.617. The summed E-state index contributed by atoms with van der Waals surface area (Å²) in [6.07, 6.45) is -0.0563. The van der Waals surface area contributed by atoms with Crippen LogP contribution >= 0.6 is 0 Å². The summed E-state index contributed by atoms with van der Waals surface area (Å²) in [4.78, 5) is 0. The van der Waals surface area contributed by atoms with Crippen LogP contribution in [-0.2, 0) is 12.6 Å². The SMILES string of the molecule is FC(F)(F)c1ccc(CCNc2cnn(-c3ccccc3)c2)cc1. The van der Waals surface area contributed by atoms with Gasteiger partial charge >= 0.3 is 6.18 Å². The number of anilines is 1. The van der Waals surface area contributed by atoms with Crippen molar-refractivity contribution in [3.8, 4) is 5.69 Å². The molecule has 0 fully saturated rings. The minimum Gasteiger partial charge on any atom is -0.382 e. The van der Waals surface area contributed by atoms with Gasteiger partial charge in [0.15, 0.2) is 0 Å². The molecule has 3 nitrogen and oxygen atoms in total. The molecule has 0 amide bonds. The Bertz CT molecular complexity index is 777. The van der Waals surface area contributed by atoms with Gasteiger partial charge in [-0.15, -0.1) is 0 Å². The predicted molar refractivity (Wildman–Crippen MR) is 87.2 cm³/mol. The summed E-state index contributed by atoms with van der Waals surface area (Å²) in [5, 5.41) is 7.50. The number of hydrogen-bond acceptors (Lipinski definition) is 2. The van der Waals surface area contributed by atoms with Gasteiger partial charge in [-0.2, -0.15) is 18.3 Å². The smallest absolute Gasteiger partial charge is 0.382 e. The zero-order valence-corrected chi connectivity index (χ0v) is 12.8. The van der Waals surface area contributed by atoms with E-state index < -0.39 is 11.7 Å². The first-order valence-corrected chi connectivity index (χ1v) is 7.52. The van der Waals surface area contributed by atoms with Crippen LogP contribution < -0.4 is 5.32 Å². The monoisotopic (exact) mass is 331 g/mol. The molecule has 0 atom stereocenters. The fraction of sp³-hybridized carbons (Fsp3) is 0.167. The molecule has 1 heterocycles. The summed E-state index contributed by atoms with van der Waals surface area (Å²) in [7, 11) is 0. The molecule has 0 saturated heterocycles. The van der Waals surface area contributed by atoms with Gasteiger partial charge in [0.2, 0.25) is 0 Å². The van der Waals surface area contributed by atoms with Crippen molar-refractivity contribution in [1.82, 2.24) is 9.78 Å².